The third kappa shape index (κ3) is 3.57. The Morgan fingerprint density at radius 2 is 1.89 bits per heavy atom. The zero-order chi connectivity index (χ0) is 24.4. The molecule has 36 heavy (non-hydrogen) atoms. The molecule has 2 aromatic carbocycles. The number of anilines is 1. The Balaban J connectivity index is 1.23. The Kier molecular flexibility index (Phi) is 4.73. The van der Waals surface area contributed by atoms with E-state index in [2.05, 4.69) is 51.0 Å². The number of piperazine rings is 1. The number of nitrogens with one attached hydrogen (secondary N) is 2. The number of pyridine rings is 1. The van der Waals surface area contributed by atoms with Crippen LogP contribution >= 0.6 is 0 Å². The fourth-order valence-corrected chi connectivity index (χ4v) is 5.92. The van der Waals surface area contributed by atoms with Gasteiger partial charge in [-0.2, -0.15) is 5.10 Å². The Morgan fingerprint density at radius 1 is 1.11 bits per heavy atom. The van der Waals surface area contributed by atoms with Crippen molar-refractivity contribution < 1.29 is 4.79 Å². The molecule has 2 atom stereocenters. The fourth-order valence-electron chi connectivity index (χ4n) is 5.92. The molecule has 2 bridgehead atoms. The van der Waals surface area contributed by atoms with Crippen LogP contribution in [0.5, 0.6) is 0 Å². The maximum Gasteiger partial charge on any atom is 0.252 e. The summed E-state index contributed by atoms with van der Waals surface area (Å²) < 4.78 is 1.79. The van der Waals surface area contributed by atoms with Crippen molar-refractivity contribution in [3.63, 3.8) is 0 Å². The van der Waals surface area contributed by atoms with Crippen molar-refractivity contribution in [3.05, 3.63) is 77.6 Å². The molecular formula is C29H30N6O. The van der Waals surface area contributed by atoms with Gasteiger partial charge < -0.3 is 15.5 Å². The van der Waals surface area contributed by atoms with Gasteiger partial charge in [0.25, 0.3) is 5.91 Å². The molecule has 1 aliphatic carbocycles. The first-order valence-corrected chi connectivity index (χ1v) is 12.8. The average molecular weight is 479 g/mol. The molecule has 4 fully saturated rings. The minimum Gasteiger partial charge on any atom is -0.368 e. The molecule has 3 aliphatic heterocycles. The van der Waals surface area contributed by atoms with Gasteiger partial charge in [-0.3, -0.25) is 9.48 Å². The van der Waals surface area contributed by atoms with Gasteiger partial charge in [-0.1, -0.05) is 24.3 Å². The molecule has 1 amide bonds. The highest BCUT2D eigenvalue weighted by Gasteiger charge is 2.47. The first kappa shape index (κ1) is 21.6. The number of aromatic nitrogens is 3. The quantitative estimate of drug-likeness (QED) is 0.455. The summed E-state index contributed by atoms with van der Waals surface area (Å²) in [4.78, 5) is 21.0. The minimum absolute atomic E-state index is 0.00374. The summed E-state index contributed by atoms with van der Waals surface area (Å²) in [5, 5.41) is 12.5. The van der Waals surface area contributed by atoms with Crippen LogP contribution in [0.2, 0.25) is 0 Å². The van der Waals surface area contributed by atoms with Crippen LogP contribution in [0.3, 0.4) is 0 Å². The number of para-hydroxylation sites is 1. The van der Waals surface area contributed by atoms with Gasteiger partial charge in [0.15, 0.2) is 0 Å². The number of rotatable bonds is 5. The summed E-state index contributed by atoms with van der Waals surface area (Å²) in [5.41, 5.74) is 6.45. The molecule has 7 nitrogen and oxygen atoms in total. The van der Waals surface area contributed by atoms with Crippen molar-refractivity contribution in [2.24, 2.45) is 7.05 Å². The van der Waals surface area contributed by atoms with Crippen molar-refractivity contribution in [2.45, 2.75) is 43.8 Å². The number of benzene rings is 2. The zero-order valence-electron chi connectivity index (χ0n) is 20.7. The van der Waals surface area contributed by atoms with E-state index < -0.39 is 0 Å². The second kappa shape index (κ2) is 7.90. The van der Waals surface area contributed by atoms with E-state index in [-0.39, 0.29) is 11.4 Å². The summed E-state index contributed by atoms with van der Waals surface area (Å²) in [6, 6.07) is 17.8. The van der Waals surface area contributed by atoms with Crippen LogP contribution in [-0.2, 0) is 12.6 Å². The van der Waals surface area contributed by atoms with E-state index in [0.717, 1.165) is 70.5 Å². The van der Waals surface area contributed by atoms with E-state index in [4.69, 9.17) is 4.98 Å². The molecule has 8 rings (SSSR count). The van der Waals surface area contributed by atoms with Gasteiger partial charge in [-0.15, -0.1) is 0 Å². The summed E-state index contributed by atoms with van der Waals surface area (Å²) in [6.07, 6.45) is 6.92. The third-order valence-corrected chi connectivity index (χ3v) is 8.09. The molecular weight excluding hydrogens is 448 g/mol. The molecule has 1 saturated carbocycles. The van der Waals surface area contributed by atoms with E-state index in [0.29, 0.717) is 12.1 Å². The molecule has 0 radical (unpaired) electrons. The lowest BCUT2D eigenvalue weighted by Crippen LogP contribution is -2.67. The number of aryl methyl sites for hydroxylation is 2. The van der Waals surface area contributed by atoms with Gasteiger partial charge in [0, 0.05) is 60.6 Å². The SMILES string of the molecule is Cc1ccc(N2CC3CC(C2)N3)cc1C(=O)NC1(c2cc(-c3cnn(C)c3)nc3ccccc23)CC1. The lowest BCUT2D eigenvalue weighted by molar-refractivity contribution is 0.0930. The van der Waals surface area contributed by atoms with Crippen molar-refractivity contribution >= 4 is 22.5 Å². The molecule has 0 spiro atoms. The largest absolute Gasteiger partial charge is 0.368 e. The van der Waals surface area contributed by atoms with Gasteiger partial charge >= 0.3 is 0 Å². The monoisotopic (exact) mass is 478 g/mol. The van der Waals surface area contributed by atoms with Gasteiger partial charge in [0.2, 0.25) is 0 Å². The van der Waals surface area contributed by atoms with Crippen molar-refractivity contribution in [3.8, 4) is 11.3 Å². The Hall–Kier alpha value is -3.71. The molecule has 2 aromatic heterocycles. The number of piperidine rings is 1. The smallest absolute Gasteiger partial charge is 0.252 e. The second-order valence-electron chi connectivity index (χ2n) is 10.7. The van der Waals surface area contributed by atoms with Gasteiger partial charge in [-0.25, -0.2) is 4.98 Å². The normalized spacial score (nSPS) is 21.8. The highest BCUT2D eigenvalue weighted by molar-refractivity contribution is 5.98. The van der Waals surface area contributed by atoms with Crippen LogP contribution in [0, 0.1) is 6.92 Å². The number of hydrogen-bond donors (Lipinski definition) is 2. The van der Waals surface area contributed by atoms with Crippen molar-refractivity contribution in [1.29, 1.82) is 0 Å². The van der Waals surface area contributed by atoms with Crippen molar-refractivity contribution in [2.75, 3.05) is 18.0 Å². The van der Waals surface area contributed by atoms with Crippen molar-refractivity contribution in [1.82, 2.24) is 25.4 Å². The van der Waals surface area contributed by atoms with Gasteiger partial charge in [0.1, 0.15) is 0 Å². The highest BCUT2D eigenvalue weighted by atomic mass is 16.1. The molecule has 4 aromatic rings. The fraction of sp³-hybridized carbons (Fsp3) is 0.345. The van der Waals surface area contributed by atoms with E-state index in [1.54, 1.807) is 4.68 Å². The summed E-state index contributed by atoms with van der Waals surface area (Å²) in [5.74, 6) is -0.00374. The number of fused-ring (bicyclic) bond motifs is 3. The predicted octanol–water partition coefficient (Wildman–Crippen LogP) is 3.91. The minimum atomic E-state index is -0.379. The molecule has 4 aliphatic rings. The third-order valence-electron chi connectivity index (χ3n) is 8.09. The molecule has 182 valence electrons. The zero-order valence-corrected chi connectivity index (χ0v) is 20.7. The van der Waals surface area contributed by atoms with Crippen LogP contribution in [-0.4, -0.2) is 45.8 Å². The lowest BCUT2D eigenvalue weighted by atomic mass is 9.90. The number of carbonyl (C=O) groups is 1. The average Bonchev–Trinajstić information content (AvgIpc) is 3.52. The van der Waals surface area contributed by atoms with Crippen LogP contribution in [0.25, 0.3) is 22.2 Å². The number of carbonyl (C=O) groups excluding carboxylic acids is 1. The first-order chi connectivity index (χ1) is 17.5. The Bertz CT molecular complexity index is 1490. The maximum atomic E-state index is 13.7. The molecule has 7 heteroatoms. The lowest BCUT2D eigenvalue weighted by Gasteiger charge is -2.49. The van der Waals surface area contributed by atoms with E-state index in [1.165, 1.54) is 6.42 Å². The van der Waals surface area contributed by atoms with E-state index in [1.807, 2.05) is 44.6 Å². The Morgan fingerprint density at radius 3 is 2.61 bits per heavy atom. The molecule has 3 saturated heterocycles. The number of nitrogens with zero attached hydrogens (tertiary/aromatic N) is 4. The summed E-state index contributed by atoms with van der Waals surface area (Å²) in [7, 11) is 1.91. The topological polar surface area (TPSA) is 75.1 Å². The first-order valence-electron chi connectivity index (χ1n) is 12.8. The number of amides is 1. The van der Waals surface area contributed by atoms with Crippen LogP contribution in [0.1, 0.15) is 40.7 Å². The van der Waals surface area contributed by atoms with Crippen LogP contribution in [0.15, 0.2) is 60.9 Å². The molecule has 2 N–H and O–H groups in total. The second-order valence-corrected chi connectivity index (χ2v) is 10.7. The van der Waals surface area contributed by atoms with Crippen LogP contribution in [0.4, 0.5) is 5.69 Å². The molecule has 5 heterocycles. The van der Waals surface area contributed by atoms with Crippen LogP contribution < -0.4 is 15.5 Å². The number of hydrogen-bond acceptors (Lipinski definition) is 5. The van der Waals surface area contributed by atoms with E-state index in [9.17, 15) is 4.79 Å². The van der Waals surface area contributed by atoms with E-state index >= 15 is 0 Å². The Labute approximate surface area is 210 Å². The maximum absolute atomic E-state index is 13.7. The highest BCUT2D eigenvalue weighted by Crippen LogP contribution is 2.49. The standard InChI is InChI=1S/C29H30N6O/c1-18-7-8-22(35-16-20-11-21(17-35)31-20)12-24(18)28(36)33-29(9-10-29)25-13-27(19-14-30-34(2)15-19)32-26-6-4-3-5-23(25)26/h3-8,12-15,20-21,31H,9-11,16-17H2,1-2H3,(H,33,36). The van der Waals surface area contributed by atoms with Gasteiger partial charge in [0.05, 0.1) is 22.9 Å². The molecule has 2 unspecified atom stereocenters. The van der Waals surface area contributed by atoms with Gasteiger partial charge in [-0.05, 0) is 61.6 Å². The summed E-state index contributed by atoms with van der Waals surface area (Å²) in [6.45, 7) is 4.03. The summed E-state index contributed by atoms with van der Waals surface area (Å²) >= 11 is 0. The predicted molar refractivity (Wildman–Crippen MR) is 141 cm³/mol.